The summed E-state index contributed by atoms with van der Waals surface area (Å²) in [6, 6.07) is 15.4. The van der Waals surface area contributed by atoms with Crippen molar-refractivity contribution < 1.29 is 9.53 Å². The number of carbonyl (C=O) groups excluding carboxylic acids is 1. The minimum atomic E-state index is -0.427. The van der Waals surface area contributed by atoms with E-state index < -0.39 is 5.91 Å². The van der Waals surface area contributed by atoms with E-state index in [-0.39, 0.29) is 11.4 Å². The maximum absolute atomic E-state index is 12.5. The molecular formula is C23H18ClN5O2S. The fourth-order valence-electron chi connectivity index (χ4n) is 3.65. The zero-order chi connectivity index (χ0) is 22.1. The molecule has 0 aliphatic carbocycles. The van der Waals surface area contributed by atoms with Gasteiger partial charge in [0, 0.05) is 29.2 Å². The zero-order valence-corrected chi connectivity index (χ0v) is 18.4. The van der Waals surface area contributed by atoms with Gasteiger partial charge in [0.2, 0.25) is 0 Å². The van der Waals surface area contributed by atoms with E-state index in [4.69, 9.17) is 21.7 Å². The topological polar surface area (TPSA) is 83.0 Å². The molecule has 0 spiro atoms. The summed E-state index contributed by atoms with van der Waals surface area (Å²) >= 11 is 7.38. The highest BCUT2D eigenvalue weighted by Gasteiger charge is 2.32. The maximum Gasteiger partial charge on any atom is 0.283 e. The lowest BCUT2D eigenvalue weighted by atomic mass is 10.1. The van der Waals surface area contributed by atoms with Crippen molar-refractivity contribution in [1.29, 1.82) is 5.41 Å². The van der Waals surface area contributed by atoms with Gasteiger partial charge in [0.25, 0.3) is 5.91 Å². The number of nitrogens with one attached hydrogen (secondary N) is 1. The number of hydrazone groups is 1. The average Bonchev–Trinajstić information content (AvgIpc) is 3.40. The van der Waals surface area contributed by atoms with Crippen LogP contribution in [0.15, 0.2) is 70.4 Å². The molecule has 0 radical (unpaired) electrons. The second-order valence-electron chi connectivity index (χ2n) is 7.18. The number of benzene rings is 2. The number of para-hydroxylation sites is 2. The SMILES string of the molecule is N=C1/C(=C\c2cn(CCCOc3ccccc3Cl)c3ccccc23)C(=O)N=C2SC=NN12. The molecule has 0 unspecified atom stereocenters. The van der Waals surface area contributed by atoms with Gasteiger partial charge >= 0.3 is 0 Å². The number of fused-ring (bicyclic) bond motifs is 2. The number of hydrogen-bond donors (Lipinski definition) is 1. The number of amides is 1. The van der Waals surface area contributed by atoms with Gasteiger partial charge in [0.05, 0.1) is 22.7 Å². The van der Waals surface area contributed by atoms with Crippen LogP contribution < -0.4 is 4.74 Å². The molecule has 2 aliphatic rings. The molecular weight excluding hydrogens is 446 g/mol. The normalized spacial score (nSPS) is 16.7. The first-order chi connectivity index (χ1) is 15.6. The van der Waals surface area contributed by atoms with Crippen LogP contribution in [-0.4, -0.2) is 38.6 Å². The summed E-state index contributed by atoms with van der Waals surface area (Å²) in [5.41, 5.74) is 3.69. The van der Waals surface area contributed by atoms with Crippen LogP contribution in [0, 0.1) is 5.41 Å². The molecule has 1 amide bonds. The number of halogens is 1. The van der Waals surface area contributed by atoms with Gasteiger partial charge in [-0.3, -0.25) is 10.2 Å². The summed E-state index contributed by atoms with van der Waals surface area (Å²) in [4.78, 5) is 16.6. The van der Waals surface area contributed by atoms with Gasteiger partial charge in [-0.25, -0.2) is 0 Å². The molecule has 3 aromatic rings. The third kappa shape index (κ3) is 3.83. The summed E-state index contributed by atoms with van der Waals surface area (Å²) in [7, 11) is 0. The summed E-state index contributed by atoms with van der Waals surface area (Å²) in [6.45, 7) is 1.26. The van der Waals surface area contributed by atoms with Gasteiger partial charge in [-0.1, -0.05) is 41.9 Å². The Balaban J connectivity index is 1.38. The summed E-state index contributed by atoms with van der Waals surface area (Å²) in [6.07, 6.45) is 4.50. The van der Waals surface area contributed by atoms with Crippen molar-refractivity contribution in [1.82, 2.24) is 9.58 Å². The van der Waals surface area contributed by atoms with Crippen LogP contribution in [0.3, 0.4) is 0 Å². The highest BCUT2D eigenvalue weighted by Crippen LogP contribution is 2.28. The molecule has 1 aromatic heterocycles. The van der Waals surface area contributed by atoms with Crippen molar-refractivity contribution >= 4 is 62.8 Å². The van der Waals surface area contributed by atoms with E-state index in [1.807, 2.05) is 48.7 Å². The Labute approximate surface area is 193 Å². The lowest BCUT2D eigenvalue weighted by molar-refractivity contribution is -0.114. The van der Waals surface area contributed by atoms with Crippen LogP contribution in [0.4, 0.5) is 0 Å². The minimum Gasteiger partial charge on any atom is -0.492 e. The van der Waals surface area contributed by atoms with E-state index in [1.165, 1.54) is 16.8 Å². The summed E-state index contributed by atoms with van der Waals surface area (Å²) in [5, 5.41) is 15.9. The molecule has 7 nitrogen and oxygen atoms in total. The first-order valence-corrected chi connectivity index (χ1v) is 11.3. The number of carbonyl (C=O) groups is 1. The largest absolute Gasteiger partial charge is 0.492 e. The van der Waals surface area contributed by atoms with Gasteiger partial charge in [-0.15, -0.1) is 0 Å². The number of hydrogen-bond acceptors (Lipinski definition) is 5. The minimum absolute atomic E-state index is 0.0335. The number of thioether (sulfide) groups is 1. The van der Waals surface area contributed by atoms with E-state index in [9.17, 15) is 4.79 Å². The number of amidine groups is 2. The van der Waals surface area contributed by atoms with Crippen LogP contribution in [0.5, 0.6) is 5.75 Å². The number of aromatic nitrogens is 1. The lowest BCUT2D eigenvalue weighted by Gasteiger charge is -2.20. The number of aliphatic imine (C=N–C) groups is 1. The Morgan fingerprint density at radius 2 is 1.97 bits per heavy atom. The van der Waals surface area contributed by atoms with Crippen molar-refractivity contribution in [2.24, 2.45) is 10.1 Å². The molecule has 9 heteroatoms. The monoisotopic (exact) mass is 463 g/mol. The number of nitrogens with zero attached hydrogens (tertiary/aromatic N) is 4. The lowest BCUT2D eigenvalue weighted by Crippen LogP contribution is -2.35. The Morgan fingerprint density at radius 3 is 2.84 bits per heavy atom. The van der Waals surface area contributed by atoms with Crippen LogP contribution in [0.25, 0.3) is 17.0 Å². The third-order valence-corrected chi connectivity index (χ3v) is 6.14. The molecule has 0 saturated carbocycles. The third-order valence-electron chi connectivity index (χ3n) is 5.15. The van der Waals surface area contributed by atoms with Crippen molar-refractivity contribution in [3.05, 3.63) is 70.9 Å². The molecule has 2 aromatic carbocycles. The van der Waals surface area contributed by atoms with Gasteiger partial charge < -0.3 is 9.30 Å². The molecule has 5 rings (SSSR count). The molecule has 0 atom stereocenters. The smallest absolute Gasteiger partial charge is 0.283 e. The van der Waals surface area contributed by atoms with E-state index in [2.05, 4.69) is 14.7 Å². The Kier molecular flexibility index (Phi) is 5.55. The molecule has 0 bridgehead atoms. The standard InChI is InChI=1S/C23H18ClN5O2S/c24-18-7-2-4-9-20(18)31-11-5-10-28-13-15(16-6-1-3-8-19(16)28)12-17-21(25)29-23(27-22(17)30)32-14-26-29/h1-4,6-9,12-14,25H,5,10-11H2/b17-12+,25-21?. The Bertz CT molecular complexity index is 1330. The second-order valence-corrected chi connectivity index (χ2v) is 8.40. The Hall–Kier alpha value is -3.36. The number of ether oxygens (including phenoxy) is 1. The predicted molar refractivity (Wildman–Crippen MR) is 130 cm³/mol. The Morgan fingerprint density at radius 1 is 1.16 bits per heavy atom. The van der Waals surface area contributed by atoms with Crippen LogP contribution in [-0.2, 0) is 11.3 Å². The molecule has 3 heterocycles. The fraction of sp³-hybridized carbons (Fsp3) is 0.130. The van der Waals surface area contributed by atoms with Gasteiger partial charge in [-0.05, 0) is 42.5 Å². The van der Waals surface area contributed by atoms with Crippen LogP contribution >= 0.6 is 23.4 Å². The summed E-state index contributed by atoms with van der Waals surface area (Å²) < 4.78 is 7.93. The van der Waals surface area contributed by atoms with Crippen molar-refractivity contribution in [2.75, 3.05) is 6.61 Å². The van der Waals surface area contributed by atoms with Crippen molar-refractivity contribution in [3.8, 4) is 5.75 Å². The number of aryl methyl sites for hydroxylation is 1. The van der Waals surface area contributed by atoms with Gasteiger partial charge in [0.15, 0.2) is 11.0 Å². The zero-order valence-electron chi connectivity index (χ0n) is 16.9. The molecule has 0 fully saturated rings. The second kappa shape index (κ2) is 8.64. The van der Waals surface area contributed by atoms with E-state index >= 15 is 0 Å². The molecule has 32 heavy (non-hydrogen) atoms. The van der Waals surface area contributed by atoms with E-state index in [0.29, 0.717) is 22.5 Å². The van der Waals surface area contributed by atoms with Crippen LogP contribution in [0.2, 0.25) is 5.02 Å². The highest BCUT2D eigenvalue weighted by molar-refractivity contribution is 8.25. The first kappa shape index (κ1) is 20.5. The van der Waals surface area contributed by atoms with Gasteiger partial charge in [0.1, 0.15) is 5.75 Å². The van der Waals surface area contributed by atoms with Crippen LogP contribution in [0.1, 0.15) is 12.0 Å². The quantitative estimate of drug-likeness (QED) is 0.411. The average molecular weight is 464 g/mol. The fourth-order valence-corrected chi connectivity index (χ4v) is 4.45. The first-order valence-electron chi connectivity index (χ1n) is 10.00. The van der Waals surface area contributed by atoms with E-state index in [1.54, 1.807) is 17.7 Å². The molecule has 0 saturated heterocycles. The van der Waals surface area contributed by atoms with E-state index in [0.717, 1.165) is 29.4 Å². The predicted octanol–water partition coefficient (Wildman–Crippen LogP) is 5.01. The molecule has 1 N–H and O–H groups in total. The molecule has 160 valence electrons. The highest BCUT2D eigenvalue weighted by atomic mass is 35.5. The number of rotatable bonds is 6. The van der Waals surface area contributed by atoms with Gasteiger partial charge in [-0.2, -0.15) is 15.1 Å². The van der Waals surface area contributed by atoms with Crippen molar-refractivity contribution in [2.45, 2.75) is 13.0 Å². The van der Waals surface area contributed by atoms with Crippen molar-refractivity contribution in [3.63, 3.8) is 0 Å². The molecule has 2 aliphatic heterocycles. The summed E-state index contributed by atoms with van der Waals surface area (Å²) in [5.74, 6) is 0.282. The maximum atomic E-state index is 12.5.